The van der Waals surface area contributed by atoms with Crippen molar-refractivity contribution >= 4 is 0 Å². The molecule has 4 heteroatoms. The van der Waals surface area contributed by atoms with Crippen LogP contribution in [-0.4, -0.2) is 40.0 Å². The molecule has 188 valence electrons. The minimum absolute atomic E-state index is 0.112. The number of methoxy groups -OCH3 is 4. The Balaban J connectivity index is 1.44. The average molecular weight is 485 g/mol. The van der Waals surface area contributed by atoms with Gasteiger partial charge in [-0.3, -0.25) is 0 Å². The lowest BCUT2D eigenvalue weighted by Gasteiger charge is -2.38. The second kappa shape index (κ2) is 10.5. The van der Waals surface area contributed by atoms with E-state index in [2.05, 4.69) is 72.8 Å². The van der Waals surface area contributed by atoms with Crippen molar-refractivity contribution in [1.29, 1.82) is 0 Å². The van der Waals surface area contributed by atoms with Crippen molar-refractivity contribution in [2.24, 2.45) is 0 Å². The van der Waals surface area contributed by atoms with Crippen molar-refractivity contribution in [1.82, 2.24) is 0 Å². The van der Waals surface area contributed by atoms with E-state index >= 15 is 0 Å². The summed E-state index contributed by atoms with van der Waals surface area (Å²) in [6.07, 6.45) is 3.82. The van der Waals surface area contributed by atoms with Crippen LogP contribution in [0.1, 0.15) is 59.8 Å². The molecule has 4 nitrogen and oxygen atoms in total. The van der Waals surface area contributed by atoms with Crippen LogP contribution in [0.3, 0.4) is 0 Å². The molecule has 2 saturated carbocycles. The Bertz CT molecular complexity index is 1010. The maximum absolute atomic E-state index is 6.14. The van der Waals surface area contributed by atoms with Crippen LogP contribution in [0.25, 0.3) is 0 Å². The first-order chi connectivity index (χ1) is 17.6. The lowest BCUT2D eigenvalue weighted by Crippen LogP contribution is -2.42. The first-order valence-corrected chi connectivity index (χ1v) is 12.8. The van der Waals surface area contributed by atoms with Gasteiger partial charge >= 0.3 is 0 Å². The van der Waals surface area contributed by atoms with Gasteiger partial charge in [-0.2, -0.15) is 0 Å². The monoisotopic (exact) mass is 484 g/mol. The van der Waals surface area contributed by atoms with E-state index in [4.69, 9.17) is 18.9 Å². The molecule has 3 aromatic rings. The van der Waals surface area contributed by atoms with Crippen LogP contribution >= 0.6 is 0 Å². The van der Waals surface area contributed by atoms with Gasteiger partial charge < -0.3 is 18.9 Å². The molecular formula is C32H36O4. The fourth-order valence-electron chi connectivity index (χ4n) is 6.66. The topological polar surface area (TPSA) is 36.9 Å². The number of hydrogen-bond donors (Lipinski definition) is 0. The second-order valence-corrected chi connectivity index (χ2v) is 9.69. The maximum Gasteiger partial charge on any atom is 0.185 e. The highest BCUT2D eigenvalue weighted by atomic mass is 16.7. The first-order valence-electron chi connectivity index (χ1n) is 12.8. The molecule has 0 bridgehead atoms. The SMILES string of the molecule is COC1(OC)[C](c2ccccc2)CCC1c1ccc(C2CC[C](c3ccccc3)C2(OC)OC)cc1. The van der Waals surface area contributed by atoms with Crippen LogP contribution in [-0.2, 0) is 18.9 Å². The zero-order valence-corrected chi connectivity index (χ0v) is 21.7. The highest BCUT2D eigenvalue weighted by molar-refractivity contribution is 5.45. The average Bonchev–Trinajstić information content (AvgIpc) is 3.53. The van der Waals surface area contributed by atoms with Gasteiger partial charge in [0.15, 0.2) is 11.6 Å². The van der Waals surface area contributed by atoms with Gasteiger partial charge in [0.25, 0.3) is 0 Å². The van der Waals surface area contributed by atoms with Gasteiger partial charge in [0.1, 0.15) is 0 Å². The summed E-state index contributed by atoms with van der Waals surface area (Å²) in [6.45, 7) is 0. The summed E-state index contributed by atoms with van der Waals surface area (Å²) in [4.78, 5) is 0. The molecule has 36 heavy (non-hydrogen) atoms. The molecule has 2 radical (unpaired) electrons. The Hall–Kier alpha value is -2.50. The minimum atomic E-state index is -0.771. The molecule has 0 spiro atoms. The molecule has 0 amide bonds. The Morgan fingerprint density at radius 1 is 0.500 bits per heavy atom. The fourth-order valence-corrected chi connectivity index (χ4v) is 6.66. The van der Waals surface area contributed by atoms with Crippen LogP contribution < -0.4 is 0 Å². The van der Waals surface area contributed by atoms with Crippen LogP contribution in [0.5, 0.6) is 0 Å². The van der Waals surface area contributed by atoms with E-state index in [1.165, 1.54) is 34.1 Å². The Labute approximate surface area is 215 Å². The molecule has 2 atom stereocenters. The van der Waals surface area contributed by atoms with E-state index in [0.29, 0.717) is 0 Å². The quantitative estimate of drug-likeness (QED) is 0.335. The molecule has 2 aliphatic rings. The summed E-state index contributed by atoms with van der Waals surface area (Å²) in [7, 11) is 7.02. The number of benzene rings is 3. The van der Waals surface area contributed by atoms with E-state index in [-0.39, 0.29) is 11.8 Å². The lowest BCUT2D eigenvalue weighted by molar-refractivity contribution is -0.196. The molecule has 0 aliphatic heterocycles. The van der Waals surface area contributed by atoms with Crippen molar-refractivity contribution < 1.29 is 18.9 Å². The molecule has 5 rings (SSSR count). The van der Waals surface area contributed by atoms with E-state index in [9.17, 15) is 0 Å². The van der Waals surface area contributed by atoms with Crippen LogP contribution in [0.4, 0.5) is 0 Å². The Morgan fingerprint density at radius 2 is 0.833 bits per heavy atom. The van der Waals surface area contributed by atoms with E-state index in [0.717, 1.165) is 25.7 Å². The summed E-state index contributed by atoms with van der Waals surface area (Å²) in [6, 6.07) is 29.9. The van der Waals surface area contributed by atoms with Crippen molar-refractivity contribution in [2.45, 2.75) is 49.1 Å². The molecule has 2 unspecified atom stereocenters. The molecule has 0 aromatic heterocycles. The van der Waals surface area contributed by atoms with Gasteiger partial charge in [-0.15, -0.1) is 0 Å². The molecule has 2 aliphatic carbocycles. The van der Waals surface area contributed by atoms with Crippen LogP contribution in [0, 0.1) is 11.8 Å². The third-order valence-corrected chi connectivity index (χ3v) is 8.32. The zero-order chi connectivity index (χ0) is 25.2. The van der Waals surface area contributed by atoms with Crippen LogP contribution in [0.15, 0.2) is 84.9 Å². The molecule has 0 N–H and O–H groups in total. The van der Waals surface area contributed by atoms with Gasteiger partial charge in [-0.25, -0.2) is 0 Å². The normalized spacial score (nSPS) is 23.8. The number of rotatable bonds is 8. The van der Waals surface area contributed by atoms with Gasteiger partial charge in [-0.1, -0.05) is 84.9 Å². The third kappa shape index (κ3) is 4.01. The summed E-state index contributed by atoms with van der Waals surface area (Å²) in [5, 5.41) is 0. The molecule has 2 fully saturated rings. The molecule has 3 aromatic carbocycles. The summed E-state index contributed by atoms with van der Waals surface area (Å²) < 4.78 is 24.6. The zero-order valence-electron chi connectivity index (χ0n) is 21.7. The van der Waals surface area contributed by atoms with Crippen molar-refractivity contribution in [3.8, 4) is 0 Å². The predicted molar refractivity (Wildman–Crippen MR) is 141 cm³/mol. The van der Waals surface area contributed by atoms with Crippen molar-refractivity contribution in [3.05, 3.63) is 119 Å². The van der Waals surface area contributed by atoms with E-state index < -0.39 is 11.6 Å². The smallest absolute Gasteiger partial charge is 0.185 e. The van der Waals surface area contributed by atoms with Crippen molar-refractivity contribution in [2.75, 3.05) is 28.4 Å². The summed E-state index contributed by atoms with van der Waals surface area (Å²) in [5.74, 6) is 1.10. The first kappa shape index (κ1) is 25.2. The standard InChI is InChI=1S/C32H36O4/c1-33-31(34-2)27(23-11-7-5-8-12-23)19-21-29(31)25-15-17-26(18-16-25)30-22-20-28(32(30,35-3)36-4)24-13-9-6-10-14-24/h5-18,29-30H,19-22H2,1-4H3. The number of ether oxygens (including phenoxy) is 4. The predicted octanol–water partition coefficient (Wildman–Crippen LogP) is 6.67. The Morgan fingerprint density at radius 3 is 1.14 bits per heavy atom. The second-order valence-electron chi connectivity index (χ2n) is 9.69. The van der Waals surface area contributed by atoms with Gasteiger partial charge in [-0.05, 0) is 47.9 Å². The largest absolute Gasteiger partial charge is 0.352 e. The third-order valence-electron chi connectivity index (χ3n) is 8.32. The number of hydrogen-bond acceptors (Lipinski definition) is 4. The minimum Gasteiger partial charge on any atom is -0.352 e. The van der Waals surface area contributed by atoms with Crippen molar-refractivity contribution in [3.63, 3.8) is 0 Å². The molecule has 0 saturated heterocycles. The Kier molecular flexibility index (Phi) is 7.32. The van der Waals surface area contributed by atoms with Gasteiger partial charge in [0, 0.05) is 40.3 Å². The maximum atomic E-state index is 6.14. The van der Waals surface area contributed by atoms with E-state index in [1.54, 1.807) is 28.4 Å². The highest BCUT2D eigenvalue weighted by Gasteiger charge is 2.54. The van der Waals surface area contributed by atoms with E-state index in [1.807, 2.05) is 12.1 Å². The van der Waals surface area contributed by atoms with Gasteiger partial charge in [0.05, 0.1) is 11.8 Å². The summed E-state index contributed by atoms with van der Waals surface area (Å²) >= 11 is 0. The highest BCUT2D eigenvalue weighted by Crippen LogP contribution is 2.55. The van der Waals surface area contributed by atoms with Gasteiger partial charge in [0.2, 0.25) is 0 Å². The molecular weight excluding hydrogens is 448 g/mol. The lowest BCUT2D eigenvalue weighted by atomic mass is 9.83. The van der Waals surface area contributed by atoms with Crippen LogP contribution in [0.2, 0.25) is 0 Å². The fraction of sp³-hybridized carbons (Fsp3) is 0.375. The molecule has 0 heterocycles. The summed E-state index contributed by atoms with van der Waals surface area (Å²) in [5.41, 5.74) is 4.80.